The molecule has 11 heavy (non-hydrogen) atoms. The summed E-state index contributed by atoms with van der Waals surface area (Å²) in [4.78, 5) is 0. The predicted molar refractivity (Wildman–Crippen MR) is 42.6 cm³/mol. The van der Waals surface area contributed by atoms with Crippen LogP contribution in [0.5, 0.6) is 0 Å². The number of hydrogen-bond acceptors (Lipinski definition) is 4. The van der Waals surface area contributed by atoms with E-state index in [0.717, 1.165) is 0 Å². The van der Waals surface area contributed by atoms with Crippen molar-refractivity contribution in [2.75, 3.05) is 0 Å². The van der Waals surface area contributed by atoms with E-state index in [1.165, 1.54) is 0 Å². The van der Waals surface area contributed by atoms with Gasteiger partial charge in [-0.05, 0) is 0 Å². The van der Waals surface area contributed by atoms with Gasteiger partial charge in [0.05, 0.1) is 0 Å². The minimum Gasteiger partial charge on any atom is -1.00 e. The Labute approximate surface area is 97.2 Å². The van der Waals surface area contributed by atoms with E-state index in [-0.39, 0.29) is 31.0 Å². The van der Waals surface area contributed by atoms with Crippen molar-refractivity contribution in [3.05, 3.63) is 0 Å². The molecule has 0 aromatic rings. The molecule has 66 valence electrons. The van der Waals surface area contributed by atoms with Crippen molar-refractivity contribution in [2.45, 2.75) is 0 Å². The zero-order valence-electron chi connectivity index (χ0n) is 6.24. The molecule has 0 aliphatic carbocycles. The van der Waals surface area contributed by atoms with E-state index in [9.17, 15) is 0 Å². The zero-order valence-corrected chi connectivity index (χ0v) is 10.5. The van der Waals surface area contributed by atoms with Gasteiger partial charge in [0.2, 0.25) is 0 Å². The van der Waals surface area contributed by atoms with Gasteiger partial charge in [-0.15, -0.1) is 0 Å². The van der Waals surface area contributed by atoms with Crippen molar-refractivity contribution in [2.24, 2.45) is 0 Å². The monoisotopic (exact) mass is 252 g/mol. The molecule has 0 fully saturated rings. The van der Waals surface area contributed by atoms with E-state index in [1.807, 2.05) is 0 Å². The van der Waals surface area contributed by atoms with Crippen molar-refractivity contribution in [3.63, 3.8) is 0 Å². The van der Waals surface area contributed by atoms with Gasteiger partial charge in [0.25, 0.3) is 18.1 Å². The van der Waals surface area contributed by atoms with Crippen LogP contribution in [0.3, 0.4) is 0 Å². The molecule has 0 rings (SSSR count). The molecule has 0 aromatic heterocycles. The maximum Gasteiger partial charge on any atom is 1.00 e. The van der Waals surface area contributed by atoms with E-state index >= 15 is 0 Å². The fourth-order valence-corrected chi connectivity index (χ4v) is 0. The molecule has 0 spiro atoms. The first-order chi connectivity index (χ1) is 4.00. The summed E-state index contributed by atoms with van der Waals surface area (Å²) >= 11 is 6.93. The maximum atomic E-state index is 9.11. The van der Waals surface area contributed by atoms with Crippen LogP contribution in [0.15, 0.2) is 0 Å². The van der Waals surface area contributed by atoms with Crippen molar-refractivity contribution >= 4 is 40.5 Å². The van der Waals surface area contributed by atoms with E-state index in [0.29, 0.717) is 0 Å². The first-order valence-corrected chi connectivity index (χ1v) is 6.19. The van der Waals surface area contributed by atoms with Crippen molar-refractivity contribution in [3.8, 4) is 0 Å². The Hall–Kier alpha value is 1.58. The smallest absolute Gasteiger partial charge is 1.00 e. The molecule has 0 bridgehead atoms. The summed E-state index contributed by atoms with van der Waals surface area (Å²) in [6.07, 6.45) is 0. The second kappa shape index (κ2) is 7.03. The first-order valence-electron chi connectivity index (χ1n) is 1.40. The van der Waals surface area contributed by atoms with Crippen LogP contribution >= 0.6 is 0 Å². The van der Waals surface area contributed by atoms with Crippen molar-refractivity contribution in [1.82, 2.24) is 0 Å². The summed E-state index contributed by atoms with van der Waals surface area (Å²) < 4.78 is 47.9. The Balaban J connectivity index is -0.0000000457. The topological polar surface area (TPSA) is 115 Å². The fraction of sp³-hybridized carbons (Fsp3) is 0. The minimum atomic E-state index is -3.83. The predicted octanol–water partition coefficient (Wildman–Crippen LogP) is -3.53. The summed E-state index contributed by atoms with van der Waals surface area (Å²) in [5, 5.41) is 0. The molecule has 0 heterocycles. The Kier molecular flexibility index (Phi) is 11.7. The summed E-state index contributed by atoms with van der Waals surface area (Å²) in [7, 11) is -7.67. The van der Waals surface area contributed by atoms with E-state index in [2.05, 4.69) is 22.4 Å². The van der Waals surface area contributed by atoms with E-state index in [1.54, 1.807) is 0 Å². The Bertz CT molecular complexity index is 216. The van der Waals surface area contributed by atoms with Gasteiger partial charge >= 0.3 is 29.6 Å². The van der Waals surface area contributed by atoms with Crippen LogP contribution in [0.2, 0.25) is 0 Å². The van der Waals surface area contributed by atoms with Gasteiger partial charge in [-0.25, -0.2) is 0 Å². The van der Waals surface area contributed by atoms with Crippen LogP contribution in [0.25, 0.3) is 0 Å². The standard InChI is InChI=1S/Na.2H2O3S2.H/c;2*1-5(2,3)4;/h;2*(H2,1,2,3,4);/q+1;;;-1. The van der Waals surface area contributed by atoms with Crippen LogP contribution in [-0.2, 0) is 40.5 Å². The number of hydrogen-bond donors (Lipinski definition) is 4. The van der Waals surface area contributed by atoms with Gasteiger partial charge < -0.3 is 1.43 Å². The van der Waals surface area contributed by atoms with Gasteiger partial charge in [-0.3, -0.25) is 18.2 Å². The van der Waals surface area contributed by atoms with Crippen LogP contribution < -0.4 is 29.6 Å². The van der Waals surface area contributed by atoms with E-state index < -0.39 is 18.1 Å². The fourth-order valence-electron chi connectivity index (χ4n) is 0. The van der Waals surface area contributed by atoms with Gasteiger partial charge in [0.15, 0.2) is 0 Å². The first kappa shape index (κ1) is 18.4. The minimum absolute atomic E-state index is 0. The SMILES string of the molecule is O=S(O)(O)=S.O=S(O)(O)=S.[H-].[Na+]. The molecule has 0 aliphatic heterocycles. The Morgan fingerprint density at radius 3 is 0.909 bits per heavy atom. The summed E-state index contributed by atoms with van der Waals surface area (Å²) in [6.45, 7) is 0. The quantitative estimate of drug-likeness (QED) is 0.328. The van der Waals surface area contributed by atoms with Gasteiger partial charge in [0.1, 0.15) is 0 Å². The average molecular weight is 252 g/mol. The molecule has 0 atom stereocenters. The molecular weight excluding hydrogens is 247 g/mol. The normalized spacial score (nSPS) is 10.5. The summed E-state index contributed by atoms with van der Waals surface area (Å²) in [6, 6.07) is 0. The third-order valence-electron chi connectivity index (χ3n) is 0. The molecule has 0 radical (unpaired) electrons. The van der Waals surface area contributed by atoms with E-state index in [4.69, 9.17) is 26.6 Å². The second-order valence-electron chi connectivity index (χ2n) is 0.896. The molecule has 0 amide bonds. The van der Waals surface area contributed by atoms with Gasteiger partial charge in [-0.2, -0.15) is 8.42 Å². The van der Waals surface area contributed by atoms with Crippen molar-refractivity contribution < 1.29 is 57.6 Å². The van der Waals surface area contributed by atoms with Gasteiger partial charge in [-0.1, -0.05) is 0 Å². The van der Waals surface area contributed by atoms with Crippen LogP contribution in [0.1, 0.15) is 1.43 Å². The molecule has 0 saturated heterocycles. The molecule has 4 N–H and O–H groups in total. The molecule has 11 heteroatoms. The van der Waals surface area contributed by atoms with Crippen LogP contribution in [0, 0.1) is 0 Å². The third kappa shape index (κ3) is 426. The zero-order chi connectivity index (χ0) is 9.00. The Morgan fingerprint density at radius 2 is 0.909 bits per heavy atom. The van der Waals surface area contributed by atoms with Crippen LogP contribution in [-0.4, -0.2) is 26.6 Å². The summed E-state index contributed by atoms with van der Waals surface area (Å²) in [5.74, 6) is 0. The molecule has 0 saturated carbocycles. The van der Waals surface area contributed by atoms with Gasteiger partial charge in [0, 0.05) is 22.4 Å². The molecular formula is H5NaO6S4. The van der Waals surface area contributed by atoms with Crippen molar-refractivity contribution in [1.29, 1.82) is 0 Å². The Morgan fingerprint density at radius 1 is 0.909 bits per heavy atom. The molecule has 0 aromatic carbocycles. The summed E-state index contributed by atoms with van der Waals surface area (Å²) in [5.41, 5.74) is 0. The largest absolute Gasteiger partial charge is 1.00 e. The second-order valence-corrected chi connectivity index (χ2v) is 5.29. The molecule has 0 aliphatic rings. The average Bonchev–Trinajstić information content (AvgIpc) is 1.12. The molecule has 0 unspecified atom stereocenters. The molecule has 6 nitrogen and oxygen atoms in total. The van der Waals surface area contributed by atoms with Crippen LogP contribution in [0.4, 0.5) is 0 Å². The number of rotatable bonds is 0. The third-order valence-corrected chi connectivity index (χ3v) is 0. The maximum absolute atomic E-state index is 9.11.